The molecule has 0 saturated carbocycles. The lowest BCUT2D eigenvalue weighted by Crippen LogP contribution is -2.43. The van der Waals surface area contributed by atoms with E-state index in [2.05, 4.69) is 30.7 Å². The van der Waals surface area contributed by atoms with Crippen LogP contribution >= 0.6 is 11.6 Å². The summed E-state index contributed by atoms with van der Waals surface area (Å²) < 4.78 is 0. The average molecular weight is 423 g/mol. The van der Waals surface area contributed by atoms with Crippen LogP contribution in [0.2, 0.25) is 5.02 Å². The van der Waals surface area contributed by atoms with Crippen molar-refractivity contribution in [1.29, 1.82) is 0 Å². The third-order valence-electron chi connectivity index (χ3n) is 4.48. The van der Waals surface area contributed by atoms with E-state index in [9.17, 15) is 9.90 Å². The van der Waals surface area contributed by atoms with Gasteiger partial charge in [-0.25, -0.2) is 0 Å². The highest BCUT2D eigenvalue weighted by Gasteiger charge is 2.14. The fourth-order valence-electron chi connectivity index (χ4n) is 2.25. The highest BCUT2D eigenvalue weighted by Crippen LogP contribution is 2.18. The first kappa shape index (κ1) is 27.4. The summed E-state index contributed by atoms with van der Waals surface area (Å²) in [6.45, 7) is 16.8. The molecule has 0 aliphatic rings. The Morgan fingerprint density at radius 2 is 1.90 bits per heavy atom. The predicted molar refractivity (Wildman–Crippen MR) is 126 cm³/mol. The molecule has 0 unspecified atom stereocenters. The molecule has 0 aliphatic carbocycles. The Kier molecular flexibility index (Phi) is 14.4. The Morgan fingerprint density at radius 3 is 2.41 bits per heavy atom. The summed E-state index contributed by atoms with van der Waals surface area (Å²) in [4.78, 5) is 12.2. The van der Waals surface area contributed by atoms with E-state index >= 15 is 0 Å². The van der Waals surface area contributed by atoms with Crippen molar-refractivity contribution in [3.63, 3.8) is 0 Å². The highest BCUT2D eigenvalue weighted by molar-refractivity contribution is 6.33. The van der Waals surface area contributed by atoms with Gasteiger partial charge >= 0.3 is 0 Å². The number of rotatable bonds is 12. The molecule has 0 saturated heterocycles. The summed E-state index contributed by atoms with van der Waals surface area (Å²) >= 11 is 6.14. The van der Waals surface area contributed by atoms with Crippen molar-refractivity contribution >= 4 is 17.5 Å². The Hall–Kier alpha value is -1.62. The van der Waals surface area contributed by atoms with Crippen LogP contribution in [0, 0.1) is 5.92 Å². The molecule has 1 aromatic carbocycles. The predicted octanol–water partition coefficient (Wildman–Crippen LogP) is 5.16. The average Bonchev–Trinajstić information content (AvgIpc) is 2.72. The Bertz CT molecular complexity index is 621. The SMILES string of the molecule is C=CC(C)C=C.CCCCNC(=O)c1cc(CCCNC(C)(C)CO)ccc1Cl. The summed E-state index contributed by atoms with van der Waals surface area (Å²) in [5.74, 6) is 0.356. The number of unbranched alkanes of at least 4 members (excludes halogenated alkanes) is 1. The number of amides is 1. The molecule has 0 aliphatic heterocycles. The zero-order chi connectivity index (χ0) is 22.3. The number of aliphatic hydroxyl groups excluding tert-OH is 1. The Morgan fingerprint density at radius 1 is 1.24 bits per heavy atom. The van der Waals surface area contributed by atoms with Gasteiger partial charge in [-0.3, -0.25) is 4.79 Å². The molecule has 0 radical (unpaired) electrons. The van der Waals surface area contributed by atoms with Crippen LogP contribution in [0.5, 0.6) is 0 Å². The van der Waals surface area contributed by atoms with Crippen molar-refractivity contribution in [1.82, 2.24) is 10.6 Å². The lowest BCUT2D eigenvalue weighted by atomic mass is 10.0. The van der Waals surface area contributed by atoms with E-state index < -0.39 is 0 Å². The van der Waals surface area contributed by atoms with Gasteiger partial charge in [0.1, 0.15) is 0 Å². The molecule has 3 N–H and O–H groups in total. The summed E-state index contributed by atoms with van der Waals surface area (Å²) in [6, 6.07) is 5.62. The van der Waals surface area contributed by atoms with E-state index in [0.29, 0.717) is 23.0 Å². The lowest BCUT2D eigenvalue weighted by molar-refractivity contribution is 0.0953. The lowest BCUT2D eigenvalue weighted by Gasteiger charge is -2.23. The molecule has 29 heavy (non-hydrogen) atoms. The molecule has 0 spiro atoms. The van der Waals surface area contributed by atoms with Crippen LogP contribution in [0.4, 0.5) is 0 Å². The number of benzene rings is 1. The molecule has 0 bridgehead atoms. The number of aryl methyl sites for hydroxylation is 1. The molecular formula is C24H39ClN2O2. The van der Waals surface area contributed by atoms with E-state index in [0.717, 1.165) is 37.8 Å². The number of hydrogen-bond acceptors (Lipinski definition) is 3. The van der Waals surface area contributed by atoms with Crippen molar-refractivity contribution in [2.45, 2.75) is 58.9 Å². The molecule has 0 fully saturated rings. The van der Waals surface area contributed by atoms with Crippen molar-refractivity contribution in [3.8, 4) is 0 Å². The molecule has 0 heterocycles. The van der Waals surface area contributed by atoms with E-state index in [1.165, 1.54) is 0 Å². The van der Waals surface area contributed by atoms with E-state index in [-0.39, 0.29) is 18.1 Å². The number of aliphatic hydroxyl groups is 1. The second kappa shape index (κ2) is 15.3. The fraction of sp³-hybridized carbons (Fsp3) is 0.542. The normalized spacial score (nSPS) is 10.9. The van der Waals surface area contributed by atoms with Gasteiger partial charge in [0.25, 0.3) is 5.91 Å². The number of nitrogens with one attached hydrogen (secondary N) is 2. The third kappa shape index (κ3) is 12.5. The van der Waals surface area contributed by atoms with Crippen LogP contribution in [-0.2, 0) is 6.42 Å². The molecule has 164 valence electrons. The molecule has 1 amide bonds. The number of carbonyl (C=O) groups excluding carboxylic acids is 1. The first-order valence-corrected chi connectivity index (χ1v) is 10.8. The monoisotopic (exact) mass is 422 g/mol. The molecule has 0 aromatic heterocycles. The fourth-order valence-corrected chi connectivity index (χ4v) is 2.45. The van der Waals surface area contributed by atoms with E-state index in [1.807, 2.05) is 45.1 Å². The van der Waals surface area contributed by atoms with Crippen molar-refractivity contribution in [2.24, 2.45) is 5.92 Å². The van der Waals surface area contributed by atoms with Gasteiger partial charge in [-0.1, -0.05) is 50.1 Å². The topological polar surface area (TPSA) is 61.4 Å². The van der Waals surface area contributed by atoms with Gasteiger partial charge in [-0.15, -0.1) is 13.2 Å². The van der Waals surface area contributed by atoms with E-state index in [1.54, 1.807) is 6.07 Å². The van der Waals surface area contributed by atoms with Gasteiger partial charge in [0.05, 0.1) is 17.2 Å². The van der Waals surface area contributed by atoms with Gasteiger partial charge in [-0.2, -0.15) is 0 Å². The van der Waals surface area contributed by atoms with Crippen LogP contribution in [-0.4, -0.2) is 36.2 Å². The maximum Gasteiger partial charge on any atom is 0.252 e. The zero-order valence-corrected chi connectivity index (χ0v) is 19.3. The minimum Gasteiger partial charge on any atom is -0.394 e. The number of halogens is 1. The Balaban J connectivity index is 0.00000113. The van der Waals surface area contributed by atoms with Gasteiger partial charge in [0.15, 0.2) is 0 Å². The maximum absolute atomic E-state index is 12.2. The maximum atomic E-state index is 12.2. The van der Waals surface area contributed by atoms with Gasteiger partial charge in [0, 0.05) is 12.1 Å². The van der Waals surface area contributed by atoms with Crippen molar-refractivity contribution < 1.29 is 9.90 Å². The van der Waals surface area contributed by atoms with Crippen LogP contribution in [0.3, 0.4) is 0 Å². The summed E-state index contributed by atoms with van der Waals surface area (Å²) in [6.07, 6.45) is 7.52. The Labute approximate surface area is 182 Å². The van der Waals surface area contributed by atoms with Crippen LogP contribution in [0.1, 0.15) is 62.9 Å². The van der Waals surface area contributed by atoms with Gasteiger partial charge in [-0.05, 0) is 63.3 Å². The molecule has 0 atom stereocenters. The number of allylic oxidation sites excluding steroid dienone is 2. The molecule has 1 rings (SSSR count). The summed E-state index contributed by atoms with van der Waals surface area (Å²) in [5.41, 5.74) is 1.38. The smallest absolute Gasteiger partial charge is 0.252 e. The van der Waals surface area contributed by atoms with Gasteiger partial charge < -0.3 is 15.7 Å². The minimum absolute atomic E-state index is 0.107. The summed E-state index contributed by atoms with van der Waals surface area (Å²) in [5, 5.41) is 15.9. The largest absolute Gasteiger partial charge is 0.394 e. The highest BCUT2D eigenvalue weighted by atomic mass is 35.5. The zero-order valence-electron chi connectivity index (χ0n) is 18.6. The molecule has 5 heteroatoms. The first-order chi connectivity index (χ1) is 13.7. The molecule has 1 aromatic rings. The van der Waals surface area contributed by atoms with Crippen LogP contribution in [0.15, 0.2) is 43.5 Å². The van der Waals surface area contributed by atoms with Crippen LogP contribution < -0.4 is 10.6 Å². The van der Waals surface area contributed by atoms with Crippen molar-refractivity contribution in [3.05, 3.63) is 59.7 Å². The van der Waals surface area contributed by atoms with Gasteiger partial charge in [0.2, 0.25) is 0 Å². The second-order valence-corrected chi connectivity index (χ2v) is 8.23. The number of hydrogen-bond donors (Lipinski definition) is 3. The molecule has 4 nitrogen and oxygen atoms in total. The van der Waals surface area contributed by atoms with Crippen molar-refractivity contribution in [2.75, 3.05) is 19.7 Å². The number of carbonyl (C=O) groups is 1. The minimum atomic E-state index is -0.260. The van der Waals surface area contributed by atoms with Crippen LogP contribution in [0.25, 0.3) is 0 Å². The summed E-state index contributed by atoms with van der Waals surface area (Å²) in [7, 11) is 0. The standard InChI is InChI=1S/C18H29ClN2O2.C6H10/c1-4-5-10-20-17(23)15-12-14(8-9-16(15)19)7-6-11-21-18(2,3)13-22;1-4-6(3)5-2/h8-9,12,21-22H,4-7,10-11,13H2,1-3H3,(H,20,23);4-6H,1-2H2,3H3. The third-order valence-corrected chi connectivity index (χ3v) is 4.81. The van der Waals surface area contributed by atoms with E-state index in [4.69, 9.17) is 11.6 Å². The second-order valence-electron chi connectivity index (χ2n) is 7.83. The molecular weight excluding hydrogens is 384 g/mol. The quantitative estimate of drug-likeness (QED) is 0.322. The first-order valence-electron chi connectivity index (χ1n) is 10.4.